The average Bonchev–Trinajstić information content (AvgIpc) is 2.73. The molecule has 0 spiro atoms. The predicted molar refractivity (Wildman–Crippen MR) is 78.5 cm³/mol. The van der Waals surface area contributed by atoms with E-state index in [-0.39, 0.29) is 18.2 Å². The highest BCUT2D eigenvalue weighted by Gasteiger charge is 2.39. The van der Waals surface area contributed by atoms with Crippen LogP contribution >= 0.6 is 11.3 Å². The molecule has 5 nitrogen and oxygen atoms in total. The Morgan fingerprint density at radius 1 is 1.50 bits per heavy atom. The number of rotatable bonds is 6. The Balaban J connectivity index is 2.72. The van der Waals surface area contributed by atoms with E-state index in [9.17, 15) is 14.7 Å². The van der Waals surface area contributed by atoms with E-state index in [1.165, 1.54) is 0 Å². The van der Waals surface area contributed by atoms with E-state index in [0.717, 1.165) is 9.88 Å². The first-order chi connectivity index (χ1) is 9.16. The summed E-state index contributed by atoms with van der Waals surface area (Å²) in [5.74, 6) is -1.19. The number of aliphatic carboxylic acids is 1. The fourth-order valence-electron chi connectivity index (χ4n) is 1.78. The van der Waals surface area contributed by atoms with E-state index in [4.69, 9.17) is 0 Å². The molecule has 6 heteroatoms. The Morgan fingerprint density at radius 2 is 2.10 bits per heavy atom. The van der Waals surface area contributed by atoms with Crippen molar-refractivity contribution < 1.29 is 14.7 Å². The highest BCUT2D eigenvalue weighted by Crippen LogP contribution is 2.32. The van der Waals surface area contributed by atoms with Crippen LogP contribution in [-0.4, -0.2) is 33.9 Å². The van der Waals surface area contributed by atoms with Crippen LogP contribution in [0.5, 0.6) is 0 Å². The first-order valence-electron chi connectivity index (χ1n) is 6.55. The average molecular weight is 298 g/mol. The zero-order chi connectivity index (χ0) is 15.5. The Morgan fingerprint density at radius 3 is 2.50 bits per heavy atom. The Kier molecular flexibility index (Phi) is 5.28. The van der Waals surface area contributed by atoms with Crippen LogP contribution < -0.4 is 0 Å². The van der Waals surface area contributed by atoms with E-state index in [1.54, 1.807) is 36.4 Å². The quantitative estimate of drug-likeness (QED) is 0.876. The van der Waals surface area contributed by atoms with Gasteiger partial charge in [0.05, 0.1) is 17.0 Å². The van der Waals surface area contributed by atoms with Crippen molar-refractivity contribution in [2.45, 2.75) is 40.7 Å². The lowest BCUT2D eigenvalue weighted by Gasteiger charge is -2.30. The molecule has 0 bridgehead atoms. The Hall–Kier alpha value is -1.43. The summed E-state index contributed by atoms with van der Waals surface area (Å²) in [6, 6.07) is 0. The number of carbonyl (C=O) groups is 2. The van der Waals surface area contributed by atoms with Crippen LogP contribution in [0, 0.1) is 18.3 Å². The fourth-order valence-corrected chi connectivity index (χ4v) is 2.62. The maximum atomic E-state index is 12.2. The van der Waals surface area contributed by atoms with Crippen molar-refractivity contribution in [2.24, 2.45) is 11.3 Å². The topological polar surface area (TPSA) is 70.5 Å². The molecule has 0 fully saturated rings. The van der Waals surface area contributed by atoms with Crippen molar-refractivity contribution in [3.05, 3.63) is 16.1 Å². The maximum absolute atomic E-state index is 12.2. The van der Waals surface area contributed by atoms with Gasteiger partial charge in [0.1, 0.15) is 0 Å². The normalized spacial score (nSPS) is 14.1. The van der Waals surface area contributed by atoms with Gasteiger partial charge in [-0.3, -0.25) is 9.59 Å². The van der Waals surface area contributed by atoms with E-state index in [1.807, 2.05) is 20.8 Å². The largest absolute Gasteiger partial charge is 0.481 e. The lowest BCUT2D eigenvalue weighted by Crippen LogP contribution is -2.39. The molecule has 1 rings (SSSR count). The minimum Gasteiger partial charge on any atom is -0.481 e. The molecule has 0 saturated heterocycles. The standard InChI is InChI=1S/C14H22N2O3S/c1-9(2)14(4,13(18)19)6-12(17)16(5)8-11-7-15-10(3)20-11/h7,9H,6,8H2,1-5H3,(H,18,19). The molecular formula is C14H22N2O3S. The number of thiazole rings is 1. The third kappa shape index (κ3) is 3.79. The summed E-state index contributed by atoms with van der Waals surface area (Å²) >= 11 is 1.54. The summed E-state index contributed by atoms with van der Waals surface area (Å²) in [5, 5.41) is 10.3. The molecule has 20 heavy (non-hydrogen) atoms. The summed E-state index contributed by atoms with van der Waals surface area (Å²) in [6.07, 6.45) is 1.76. The van der Waals surface area contributed by atoms with Gasteiger partial charge in [-0.05, 0) is 19.8 Å². The van der Waals surface area contributed by atoms with Crippen LogP contribution in [0.3, 0.4) is 0 Å². The Labute approximate surface area is 123 Å². The van der Waals surface area contributed by atoms with E-state index < -0.39 is 11.4 Å². The fraction of sp³-hybridized carbons (Fsp3) is 0.643. The van der Waals surface area contributed by atoms with Crippen molar-refractivity contribution in [1.82, 2.24) is 9.88 Å². The second-order valence-electron chi connectivity index (χ2n) is 5.65. The monoisotopic (exact) mass is 298 g/mol. The maximum Gasteiger partial charge on any atom is 0.310 e. The van der Waals surface area contributed by atoms with Crippen LogP contribution in [0.1, 0.15) is 37.1 Å². The summed E-state index contributed by atoms with van der Waals surface area (Å²) in [4.78, 5) is 30.3. The van der Waals surface area contributed by atoms with Gasteiger partial charge in [0.15, 0.2) is 0 Å². The summed E-state index contributed by atoms with van der Waals surface area (Å²) in [6.45, 7) is 7.67. The molecular weight excluding hydrogens is 276 g/mol. The van der Waals surface area contributed by atoms with Gasteiger partial charge in [0.2, 0.25) is 5.91 Å². The summed E-state index contributed by atoms with van der Waals surface area (Å²) in [7, 11) is 1.69. The molecule has 0 radical (unpaired) electrons. The van der Waals surface area contributed by atoms with Gasteiger partial charge in [0, 0.05) is 24.5 Å². The highest BCUT2D eigenvalue weighted by molar-refractivity contribution is 7.11. The number of nitrogens with zero attached hydrogens (tertiary/aromatic N) is 2. The van der Waals surface area contributed by atoms with E-state index >= 15 is 0 Å². The molecule has 0 aromatic carbocycles. The first-order valence-corrected chi connectivity index (χ1v) is 7.37. The smallest absolute Gasteiger partial charge is 0.310 e. The minimum atomic E-state index is -1.03. The molecule has 1 amide bonds. The highest BCUT2D eigenvalue weighted by atomic mass is 32.1. The molecule has 1 heterocycles. The molecule has 1 atom stereocenters. The van der Waals surface area contributed by atoms with Crippen molar-refractivity contribution in [3.63, 3.8) is 0 Å². The summed E-state index contributed by atoms with van der Waals surface area (Å²) in [5.41, 5.74) is -1.03. The SMILES string of the molecule is Cc1ncc(CN(C)C(=O)CC(C)(C(=O)O)C(C)C)s1. The second kappa shape index (κ2) is 6.35. The van der Waals surface area contributed by atoms with Gasteiger partial charge in [-0.25, -0.2) is 4.98 Å². The molecule has 1 N–H and O–H groups in total. The molecule has 1 aromatic rings. The molecule has 1 unspecified atom stereocenters. The molecule has 0 saturated carbocycles. The third-order valence-electron chi connectivity index (χ3n) is 3.77. The number of hydrogen-bond acceptors (Lipinski definition) is 4. The van der Waals surface area contributed by atoms with Gasteiger partial charge in [-0.2, -0.15) is 0 Å². The third-order valence-corrected chi connectivity index (χ3v) is 4.67. The van der Waals surface area contributed by atoms with Gasteiger partial charge < -0.3 is 10.0 Å². The second-order valence-corrected chi connectivity index (χ2v) is 6.97. The van der Waals surface area contributed by atoms with Crippen LogP contribution in [0.4, 0.5) is 0 Å². The number of carbonyl (C=O) groups excluding carboxylic acids is 1. The number of hydrogen-bond donors (Lipinski definition) is 1. The zero-order valence-corrected chi connectivity index (χ0v) is 13.5. The van der Waals surface area contributed by atoms with Crippen molar-refractivity contribution in [2.75, 3.05) is 7.05 Å². The van der Waals surface area contributed by atoms with Crippen LogP contribution in [0.25, 0.3) is 0 Å². The van der Waals surface area contributed by atoms with Crippen molar-refractivity contribution in [1.29, 1.82) is 0 Å². The van der Waals surface area contributed by atoms with Crippen LogP contribution in [0.15, 0.2) is 6.20 Å². The van der Waals surface area contributed by atoms with E-state index in [2.05, 4.69) is 4.98 Å². The van der Waals surface area contributed by atoms with Gasteiger partial charge in [-0.15, -0.1) is 11.3 Å². The van der Waals surface area contributed by atoms with Crippen LogP contribution in [0.2, 0.25) is 0 Å². The molecule has 0 aliphatic heterocycles. The number of aryl methyl sites for hydroxylation is 1. The molecule has 112 valence electrons. The molecule has 0 aliphatic carbocycles. The minimum absolute atomic E-state index is 0.00822. The van der Waals surface area contributed by atoms with E-state index in [0.29, 0.717) is 6.54 Å². The lowest BCUT2D eigenvalue weighted by molar-refractivity contribution is -0.155. The number of amides is 1. The van der Waals surface area contributed by atoms with Crippen LogP contribution in [-0.2, 0) is 16.1 Å². The lowest BCUT2D eigenvalue weighted by atomic mass is 9.76. The molecule has 0 aliphatic rings. The summed E-state index contributed by atoms with van der Waals surface area (Å²) < 4.78 is 0. The Bertz CT molecular complexity index is 498. The number of aromatic nitrogens is 1. The zero-order valence-electron chi connectivity index (χ0n) is 12.6. The van der Waals surface area contributed by atoms with Gasteiger partial charge in [0.25, 0.3) is 0 Å². The van der Waals surface area contributed by atoms with Crippen molar-refractivity contribution in [3.8, 4) is 0 Å². The molecule has 1 aromatic heterocycles. The number of carboxylic acids is 1. The first kappa shape index (κ1) is 16.6. The number of carboxylic acid groups (broad SMARTS) is 1. The van der Waals surface area contributed by atoms with Crippen molar-refractivity contribution >= 4 is 23.2 Å². The van der Waals surface area contributed by atoms with Gasteiger partial charge >= 0.3 is 5.97 Å². The predicted octanol–water partition coefficient (Wildman–Crippen LogP) is 2.55. The van der Waals surface area contributed by atoms with Gasteiger partial charge in [-0.1, -0.05) is 13.8 Å².